The predicted molar refractivity (Wildman–Crippen MR) is 50.3 cm³/mol. The Kier molecular flexibility index (Phi) is 2.69. The number of H-pyrrole nitrogens is 2. The maximum Gasteiger partial charge on any atom is 0.272 e. The summed E-state index contributed by atoms with van der Waals surface area (Å²) in [7, 11) is 0. The van der Waals surface area contributed by atoms with Crippen LogP contribution in [0.5, 0.6) is 0 Å². The molecular formula is C9H12N2O. The van der Waals surface area contributed by atoms with E-state index in [1.54, 1.807) is 12.4 Å². The third kappa shape index (κ3) is 1.39. The highest BCUT2D eigenvalue weighted by molar-refractivity contribution is 5.77. The molecule has 0 aliphatic carbocycles. The highest BCUT2D eigenvalue weighted by atomic mass is 16.1. The molecule has 2 aromatic heterocycles. The third-order valence-electron chi connectivity index (χ3n) is 1.48. The summed E-state index contributed by atoms with van der Waals surface area (Å²) < 4.78 is 0. The second kappa shape index (κ2) is 3.76. The van der Waals surface area contributed by atoms with Gasteiger partial charge in [-0.15, -0.1) is 0 Å². The van der Waals surface area contributed by atoms with E-state index in [9.17, 15) is 4.79 Å². The van der Waals surface area contributed by atoms with Gasteiger partial charge in [0.2, 0.25) is 0 Å². The van der Waals surface area contributed by atoms with E-state index in [1.807, 2.05) is 26.0 Å². The van der Waals surface area contributed by atoms with Gasteiger partial charge >= 0.3 is 0 Å². The van der Waals surface area contributed by atoms with Gasteiger partial charge in [0, 0.05) is 17.8 Å². The van der Waals surface area contributed by atoms with Crippen molar-refractivity contribution in [1.82, 2.24) is 9.97 Å². The second-order valence-electron chi connectivity index (χ2n) is 2.11. The van der Waals surface area contributed by atoms with E-state index in [4.69, 9.17) is 0 Å². The average molecular weight is 164 g/mol. The van der Waals surface area contributed by atoms with Gasteiger partial charge in [-0.05, 0) is 12.1 Å². The molecule has 0 spiro atoms. The minimum atomic E-state index is -0.0671. The maximum atomic E-state index is 11.0. The van der Waals surface area contributed by atoms with Gasteiger partial charge in [0.25, 0.3) is 5.56 Å². The summed E-state index contributed by atoms with van der Waals surface area (Å²) in [6.07, 6.45) is 3.39. The van der Waals surface area contributed by atoms with Crippen LogP contribution in [0.15, 0.2) is 29.3 Å². The Labute approximate surface area is 70.4 Å². The van der Waals surface area contributed by atoms with Crippen LogP contribution in [-0.4, -0.2) is 9.97 Å². The molecule has 0 aromatic carbocycles. The molecule has 0 bridgehead atoms. The Bertz CT molecular complexity index is 400. The van der Waals surface area contributed by atoms with Crippen LogP contribution in [0.2, 0.25) is 0 Å². The molecule has 64 valence electrons. The Morgan fingerprint density at radius 2 is 1.67 bits per heavy atom. The molecule has 2 aromatic rings. The van der Waals surface area contributed by atoms with Gasteiger partial charge in [0.1, 0.15) is 5.52 Å². The van der Waals surface area contributed by atoms with Crippen LogP contribution in [-0.2, 0) is 0 Å². The maximum absolute atomic E-state index is 11.0. The van der Waals surface area contributed by atoms with Crippen molar-refractivity contribution in [2.75, 3.05) is 0 Å². The molecule has 3 heteroatoms. The normalized spacial score (nSPS) is 9.17. The standard InChI is InChI=1S/C7H6N2O.C2H6/c10-7-6-5(1-3-8-6)2-4-9-7;1-2/h1-4,8H,(H,9,10);1-2H3. The van der Waals surface area contributed by atoms with Crippen molar-refractivity contribution in [2.24, 2.45) is 0 Å². The number of aromatic nitrogens is 2. The fourth-order valence-corrected chi connectivity index (χ4v) is 0.996. The molecule has 0 radical (unpaired) electrons. The summed E-state index contributed by atoms with van der Waals surface area (Å²) >= 11 is 0. The second-order valence-corrected chi connectivity index (χ2v) is 2.11. The van der Waals surface area contributed by atoms with Crippen molar-refractivity contribution in [3.8, 4) is 0 Å². The summed E-state index contributed by atoms with van der Waals surface area (Å²) in [4.78, 5) is 16.4. The van der Waals surface area contributed by atoms with Gasteiger partial charge in [-0.2, -0.15) is 0 Å². The van der Waals surface area contributed by atoms with Crippen LogP contribution in [0, 0.1) is 0 Å². The number of hydrogen-bond donors (Lipinski definition) is 2. The molecule has 2 N–H and O–H groups in total. The minimum absolute atomic E-state index is 0.0671. The number of fused-ring (bicyclic) bond motifs is 1. The Morgan fingerprint density at radius 1 is 1.08 bits per heavy atom. The van der Waals surface area contributed by atoms with Crippen LogP contribution in [0.3, 0.4) is 0 Å². The van der Waals surface area contributed by atoms with Gasteiger partial charge in [-0.3, -0.25) is 4.79 Å². The van der Waals surface area contributed by atoms with Crippen molar-refractivity contribution >= 4 is 10.9 Å². The lowest BCUT2D eigenvalue weighted by molar-refractivity contribution is 1.26. The zero-order valence-electron chi connectivity index (χ0n) is 7.22. The van der Waals surface area contributed by atoms with Crippen LogP contribution >= 0.6 is 0 Å². The molecule has 0 saturated heterocycles. The summed E-state index contributed by atoms with van der Waals surface area (Å²) in [5.74, 6) is 0. The molecule has 2 heterocycles. The SMILES string of the molecule is CC.O=c1[nH]ccc2cc[nH]c12. The van der Waals surface area contributed by atoms with Gasteiger partial charge < -0.3 is 9.97 Å². The van der Waals surface area contributed by atoms with Crippen LogP contribution in [0.25, 0.3) is 10.9 Å². The fourth-order valence-electron chi connectivity index (χ4n) is 0.996. The van der Waals surface area contributed by atoms with Crippen LogP contribution < -0.4 is 5.56 Å². The van der Waals surface area contributed by atoms with Crippen molar-refractivity contribution in [3.05, 3.63) is 34.9 Å². The summed E-state index contributed by atoms with van der Waals surface area (Å²) in [6.45, 7) is 4.00. The van der Waals surface area contributed by atoms with E-state index in [0.29, 0.717) is 5.52 Å². The minimum Gasteiger partial charge on any atom is -0.357 e. The summed E-state index contributed by atoms with van der Waals surface area (Å²) in [5.41, 5.74) is 0.574. The van der Waals surface area contributed by atoms with E-state index in [0.717, 1.165) is 5.39 Å². The molecule has 0 aliphatic heterocycles. The van der Waals surface area contributed by atoms with E-state index < -0.39 is 0 Å². The lowest BCUT2D eigenvalue weighted by atomic mass is 10.3. The van der Waals surface area contributed by atoms with Crippen molar-refractivity contribution in [3.63, 3.8) is 0 Å². The third-order valence-corrected chi connectivity index (χ3v) is 1.48. The fraction of sp³-hybridized carbons (Fsp3) is 0.222. The number of hydrogen-bond acceptors (Lipinski definition) is 1. The number of rotatable bonds is 0. The van der Waals surface area contributed by atoms with E-state index in [-0.39, 0.29) is 5.56 Å². The molecule has 0 aliphatic rings. The highest BCUT2D eigenvalue weighted by Gasteiger charge is 1.94. The molecule has 3 nitrogen and oxygen atoms in total. The zero-order chi connectivity index (χ0) is 8.97. The Balaban J connectivity index is 0.000000336. The van der Waals surface area contributed by atoms with E-state index in [1.165, 1.54) is 0 Å². The van der Waals surface area contributed by atoms with Gasteiger partial charge in [0.05, 0.1) is 0 Å². The summed E-state index contributed by atoms with van der Waals surface area (Å²) in [5, 5.41) is 0.948. The summed E-state index contributed by atoms with van der Waals surface area (Å²) in [6, 6.07) is 3.72. The topological polar surface area (TPSA) is 48.6 Å². The number of nitrogens with one attached hydrogen (secondary N) is 2. The number of aromatic amines is 2. The van der Waals surface area contributed by atoms with Gasteiger partial charge in [-0.25, -0.2) is 0 Å². The predicted octanol–water partition coefficient (Wildman–Crippen LogP) is 1.88. The van der Waals surface area contributed by atoms with Gasteiger partial charge in [0.15, 0.2) is 0 Å². The molecular weight excluding hydrogens is 152 g/mol. The van der Waals surface area contributed by atoms with Crippen LogP contribution in [0.4, 0.5) is 0 Å². The van der Waals surface area contributed by atoms with E-state index >= 15 is 0 Å². The lowest BCUT2D eigenvalue weighted by Gasteiger charge is -1.83. The smallest absolute Gasteiger partial charge is 0.272 e. The van der Waals surface area contributed by atoms with Crippen molar-refractivity contribution in [1.29, 1.82) is 0 Å². The molecule has 0 saturated carbocycles. The molecule has 0 fully saturated rings. The molecule has 0 unspecified atom stereocenters. The first kappa shape index (κ1) is 8.59. The molecule has 12 heavy (non-hydrogen) atoms. The monoisotopic (exact) mass is 164 g/mol. The zero-order valence-corrected chi connectivity index (χ0v) is 7.22. The molecule has 0 amide bonds. The van der Waals surface area contributed by atoms with Crippen LogP contribution in [0.1, 0.15) is 13.8 Å². The Hall–Kier alpha value is -1.51. The largest absolute Gasteiger partial charge is 0.357 e. The number of pyridine rings is 1. The van der Waals surface area contributed by atoms with Crippen molar-refractivity contribution in [2.45, 2.75) is 13.8 Å². The molecule has 0 atom stereocenters. The van der Waals surface area contributed by atoms with Crippen molar-refractivity contribution < 1.29 is 0 Å². The first-order valence-electron chi connectivity index (χ1n) is 4.03. The van der Waals surface area contributed by atoms with E-state index in [2.05, 4.69) is 9.97 Å². The first-order chi connectivity index (χ1) is 5.88. The lowest BCUT2D eigenvalue weighted by Crippen LogP contribution is -2.03. The quantitative estimate of drug-likeness (QED) is 0.613. The first-order valence-corrected chi connectivity index (χ1v) is 4.03. The van der Waals surface area contributed by atoms with Gasteiger partial charge in [-0.1, -0.05) is 13.8 Å². The highest BCUT2D eigenvalue weighted by Crippen LogP contribution is 2.03. The Morgan fingerprint density at radius 3 is 2.25 bits per heavy atom. The molecule has 2 rings (SSSR count). The average Bonchev–Trinajstić information content (AvgIpc) is 2.57.